The first-order chi connectivity index (χ1) is 14.8. The quantitative estimate of drug-likeness (QED) is 0.360. The van der Waals surface area contributed by atoms with Gasteiger partial charge in [-0.15, -0.1) is 10.5 Å². The molecule has 1 aliphatic rings. The van der Waals surface area contributed by atoms with Gasteiger partial charge in [0.25, 0.3) is 5.92 Å². The minimum absolute atomic E-state index is 0.0150. The molecule has 1 fully saturated rings. The maximum atomic E-state index is 14.0. The summed E-state index contributed by atoms with van der Waals surface area (Å²) in [6.07, 6.45) is -1.64. The number of nitrogens with zero attached hydrogens (tertiary/aromatic N) is 2. The summed E-state index contributed by atoms with van der Waals surface area (Å²) in [6, 6.07) is 5.52. The highest BCUT2D eigenvalue weighted by atomic mass is 35.5. The first-order valence-corrected chi connectivity index (χ1v) is 11.9. The Balaban J connectivity index is 2.04. The minimum atomic E-state index is -4.68. The molecule has 32 heavy (non-hydrogen) atoms. The van der Waals surface area contributed by atoms with Crippen LogP contribution in [0.1, 0.15) is 24.5 Å². The molecular formula is C22H23ClF5N3S. The van der Waals surface area contributed by atoms with E-state index >= 15 is 0 Å². The van der Waals surface area contributed by atoms with Gasteiger partial charge in [0, 0.05) is 54.3 Å². The smallest absolute Gasteiger partial charge is 0.370 e. The van der Waals surface area contributed by atoms with Crippen molar-refractivity contribution < 1.29 is 22.0 Å². The van der Waals surface area contributed by atoms with E-state index in [1.165, 1.54) is 13.0 Å². The fraction of sp³-hybridized carbons (Fsp3) is 0.364. The lowest BCUT2D eigenvalue weighted by atomic mass is 9.93. The van der Waals surface area contributed by atoms with E-state index in [0.717, 1.165) is 6.07 Å². The summed E-state index contributed by atoms with van der Waals surface area (Å²) in [5.74, 6) is 0.138. The highest BCUT2D eigenvalue weighted by molar-refractivity contribution is 8.13. The van der Waals surface area contributed by atoms with Crippen LogP contribution in [0.3, 0.4) is 0 Å². The number of benzene rings is 1. The van der Waals surface area contributed by atoms with E-state index in [1.54, 1.807) is 23.2 Å². The Morgan fingerprint density at radius 1 is 1.31 bits per heavy atom. The molecule has 1 aromatic carbocycles. The SMILES string of the molecule is C=C(Nc1ccnc(S(=C)C)c1)c1c(N2CCC(F)(F)C(C)C2)ccc(C(F)(F)F)c1Cl. The normalized spacial score (nSPS) is 19.5. The lowest BCUT2D eigenvalue weighted by Crippen LogP contribution is -2.46. The number of hydrogen-bond acceptors (Lipinski definition) is 3. The number of nitrogens with one attached hydrogen (secondary N) is 1. The predicted octanol–water partition coefficient (Wildman–Crippen LogP) is 7.01. The molecule has 2 heterocycles. The van der Waals surface area contributed by atoms with Crippen molar-refractivity contribution >= 4 is 45.0 Å². The van der Waals surface area contributed by atoms with Crippen molar-refractivity contribution in [2.45, 2.75) is 30.5 Å². The number of halogens is 6. The molecule has 0 bridgehead atoms. The molecule has 2 aromatic rings. The Labute approximate surface area is 191 Å². The number of piperidine rings is 1. The molecule has 2 unspecified atom stereocenters. The summed E-state index contributed by atoms with van der Waals surface area (Å²) in [5.41, 5.74) is 0.0192. The van der Waals surface area contributed by atoms with E-state index in [9.17, 15) is 22.0 Å². The van der Waals surface area contributed by atoms with Gasteiger partial charge in [0.15, 0.2) is 0 Å². The zero-order valence-electron chi connectivity index (χ0n) is 17.6. The van der Waals surface area contributed by atoms with Gasteiger partial charge in [0.2, 0.25) is 0 Å². The molecule has 0 radical (unpaired) electrons. The maximum Gasteiger partial charge on any atom is 0.417 e. The highest BCUT2D eigenvalue weighted by Gasteiger charge is 2.42. The summed E-state index contributed by atoms with van der Waals surface area (Å²) in [5, 5.41) is 3.18. The highest BCUT2D eigenvalue weighted by Crippen LogP contribution is 2.44. The first-order valence-electron chi connectivity index (χ1n) is 9.71. The summed E-state index contributed by atoms with van der Waals surface area (Å²) in [4.78, 5) is 5.85. The third-order valence-corrected chi connectivity index (χ3v) is 6.72. The molecule has 0 aliphatic carbocycles. The second-order valence-corrected chi connectivity index (χ2v) is 9.87. The Morgan fingerprint density at radius 2 is 2.00 bits per heavy atom. The van der Waals surface area contributed by atoms with Gasteiger partial charge in [-0.2, -0.15) is 13.2 Å². The van der Waals surface area contributed by atoms with E-state index in [1.807, 2.05) is 6.26 Å². The molecule has 3 nitrogen and oxygen atoms in total. The van der Waals surface area contributed by atoms with Crippen LogP contribution in [0.15, 0.2) is 42.1 Å². The Kier molecular flexibility index (Phi) is 6.91. The summed E-state index contributed by atoms with van der Waals surface area (Å²) in [6.45, 7) is 5.30. The zero-order chi connectivity index (χ0) is 23.8. The van der Waals surface area contributed by atoms with Crippen LogP contribution in [0.4, 0.5) is 33.3 Å². The van der Waals surface area contributed by atoms with Crippen LogP contribution >= 0.6 is 22.1 Å². The number of anilines is 2. The van der Waals surface area contributed by atoms with Crippen molar-refractivity contribution in [1.82, 2.24) is 4.98 Å². The van der Waals surface area contributed by atoms with Gasteiger partial charge in [0.05, 0.1) is 15.6 Å². The topological polar surface area (TPSA) is 28.2 Å². The van der Waals surface area contributed by atoms with Gasteiger partial charge in [-0.3, -0.25) is 4.98 Å². The van der Waals surface area contributed by atoms with Crippen LogP contribution in [-0.4, -0.2) is 36.1 Å². The van der Waals surface area contributed by atoms with Crippen molar-refractivity contribution in [1.29, 1.82) is 0 Å². The van der Waals surface area contributed by atoms with Crippen molar-refractivity contribution in [3.8, 4) is 0 Å². The average Bonchev–Trinajstić information content (AvgIpc) is 2.69. The van der Waals surface area contributed by atoms with Crippen LogP contribution in [-0.2, 0) is 6.18 Å². The molecule has 3 rings (SSSR count). The van der Waals surface area contributed by atoms with E-state index < -0.39 is 35.0 Å². The third-order valence-electron chi connectivity index (χ3n) is 5.39. The first kappa shape index (κ1) is 24.5. The Bertz CT molecular complexity index is 1050. The molecule has 0 spiro atoms. The van der Waals surface area contributed by atoms with Gasteiger partial charge < -0.3 is 10.2 Å². The van der Waals surface area contributed by atoms with E-state index in [-0.39, 0.29) is 34.8 Å². The Hall–Kier alpha value is -2.13. The largest absolute Gasteiger partial charge is 0.417 e. The van der Waals surface area contributed by atoms with Crippen LogP contribution in [0.25, 0.3) is 5.70 Å². The summed E-state index contributed by atoms with van der Waals surface area (Å²) >= 11 is 6.24. The number of hydrogen-bond donors (Lipinski definition) is 1. The maximum absolute atomic E-state index is 14.0. The Morgan fingerprint density at radius 3 is 2.59 bits per heavy atom. The molecule has 1 aromatic heterocycles. The monoisotopic (exact) mass is 491 g/mol. The second kappa shape index (κ2) is 9.02. The molecule has 0 amide bonds. The second-order valence-electron chi connectivity index (χ2n) is 7.80. The molecular weight excluding hydrogens is 469 g/mol. The predicted molar refractivity (Wildman–Crippen MR) is 123 cm³/mol. The van der Waals surface area contributed by atoms with Crippen LogP contribution in [0.2, 0.25) is 5.02 Å². The van der Waals surface area contributed by atoms with Gasteiger partial charge in [0.1, 0.15) is 0 Å². The minimum Gasteiger partial charge on any atom is -0.370 e. The molecule has 10 heteroatoms. The average molecular weight is 492 g/mol. The van der Waals surface area contributed by atoms with E-state index in [4.69, 9.17) is 11.6 Å². The number of alkyl halides is 5. The molecule has 1 aliphatic heterocycles. The van der Waals surface area contributed by atoms with Crippen molar-refractivity contribution in [2.75, 3.05) is 29.6 Å². The van der Waals surface area contributed by atoms with Gasteiger partial charge in [-0.25, -0.2) is 8.78 Å². The van der Waals surface area contributed by atoms with Gasteiger partial charge >= 0.3 is 6.18 Å². The molecule has 0 saturated carbocycles. The molecule has 174 valence electrons. The zero-order valence-corrected chi connectivity index (χ0v) is 19.1. The standard InChI is InChI=1S/C22H23ClF5N3S/c1-13-12-31(10-8-21(13,24)25)17-6-5-16(22(26,27)28)20(23)19(17)14(2)30-15-7-9-29-18(11-15)32(3)4/h5-7,9,11,13H,2-3,8,10,12H2,1,4H3,(H,29,30). The number of pyridine rings is 1. The van der Waals surface area contributed by atoms with Crippen molar-refractivity contribution in [2.24, 2.45) is 5.92 Å². The van der Waals surface area contributed by atoms with E-state index in [2.05, 4.69) is 22.8 Å². The van der Waals surface area contributed by atoms with Crippen molar-refractivity contribution in [3.63, 3.8) is 0 Å². The third kappa shape index (κ3) is 5.09. The number of aromatic nitrogens is 1. The molecule has 1 N–H and O–H groups in total. The molecule has 2 atom stereocenters. The fourth-order valence-corrected chi connectivity index (χ4v) is 4.50. The summed E-state index contributed by atoms with van der Waals surface area (Å²) < 4.78 is 68.6. The lowest BCUT2D eigenvalue weighted by molar-refractivity contribution is -0.137. The van der Waals surface area contributed by atoms with E-state index in [0.29, 0.717) is 16.4 Å². The van der Waals surface area contributed by atoms with Crippen molar-refractivity contribution in [3.05, 3.63) is 53.2 Å². The number of rotatable bonds is 5. The van der Waals surface area contributed by atoms with Crippen LogP contribution in [0, 0.1) is 5.92 Å². The van der Waals surface area contributed by atoms with Crippen LogP contribution < -0.4 is 10.2 Å². The fourth-order valence-electron chi connectivity index (χ4n) is 3.55. The lowest BCUT2D eigenvalue weighted by Gasteiger charge is -2.39. The summed E-state index contributed by atoms with van der Waals surface area (Å²) in [7, 11) is -0.373. The van der Waals surface area contributed by atoms with Gasteiger partial charge in [-0.1, -0.05) is 31.0 Å². The molecule has 1 saturated heterocycles. The van der Waals surface area contributed by atoms with Gasteiger partial charge in [-0.05, 0) is 30.5 Å². The van der Waals surface area contributed by atoms with Crippen LogP contribution in [0.5, 0.6) is 0 Å².